The van der Waals surface area contributed by atoms with Crippen LogP contribution in [0, 0.1) is 5.82 Å². The van der Waals surface area contributed by atoms with Crippen LogP contribution < -0.4 is 10.6 Å². The van der Waals surface area contributed by atoms with E-state index >= 15 is 0 Å². The maximum Gasteiger partial charge on any atom is 0.191 e. The minimum atomic E-state index is -0.733. The lowest BCUT2D eigenvalue weighted by Gasteiger charge is -2.15. The highest BCUT2D eigenvalue weighted by Crippen LogP contribution is 2.13. The van der Waals surface area contributed by atoms with Crippen LogP contribution in [0.2, 0.25) is 0 Å². The lowest BCUT2D eigenvalue weighted by molar-refractivity contribution is 0.187. The Morgan fingerprint density at radius 3 is 2.47 bits per heavy atom. The SMILES string of the molecule is CCNC(=NCC(O)c1ccc(F)cc1)NC(C)C. The number of rotatable bonds is 5. The van der Waals surface area contributed by atoms with Crippen molar-refractivity contribution in [2.45, 2.75) is 32.9 Å². The highest BCUT2D eigenvalue weighted by molar-refractivity contribution is 5.80. The van der Waals surface area contributed by atoms with Crippen molar-refractivity contribution in [3.8, 4) is 0 Å². The average Bonchev–Trinajstić information content (AvgIpc) is 2.36. The van der Waals surface area contributed by atoms with Crippen LogP contribution >= 0.6 is 0 Å². The Morgan fingerprint density at radius 1 is 1.32 bits per heavy atom. The number of hydrogen-bond donors (Lipinski definition) is 3. The van der Waals surface area contributed by atoms with E-state index in [2.05, 4.69) is 15.6 Å². The van der Waals surface area contributed by atoms with Gasteiger partial charge in [0.15, 0.2) is 5.96 Å². The molecule has 0 fully saturated rings. The van der Waals surface area contributed by atoms with E-state index in [1.54, 1.807) is 12.1 Å². The molecule has 1 atom stereocenters. The molecule has 19 heavy (non-hydrogen) atoms. The van der Waals surface area contributed by atoms with Crippen molar-refractivity contribution < 1.29 is 9.50 Å². The molecular weight excluding hydrogens is 245 g/mol. The summed E-state index contributed by atoms with van der Waals surface area (Å²) in [4.78, 5) is 4.30. The fourth-order valence-electron chi connectivity index (χ4n) is 1.56. The van der Waals surface area contributed by atoms with E-state index in [4.69, 9.17) is 0 Å². The number of benzene rings is 1. The fraction of sp³-hybridized carbons (Fsp3) is 0.500. The molecule has 4 nitrogen and oxygen atoms in total. The Balaban J connectivity index is 2.63. The fourth-order valence-corrected chi connectivity index (χ4v) is 1.56. The van der Waals surface area contributed by atoms with E-state index < -0.39 is 6.10 Å². The first kappa shape index (κ1) is 15.4. The monoisotopic (exact) mass is 267 g/mol. The third-order valence-corrected chi connectivity index (χ3v) is 2.45. The molecule has 0 saturated heterocycles. The summed E-state index contributed by atoms with van der Waals surface area (Å²) < 4.78 is 12.8. The smallest absolute Gasteiger partial charge is 0.191 e. The quantitative estimate of drug-likeness (QED) is 0.563. The summed E-state index contributed by atoms with van der Waals surface area (Å²) in [6, 6.07) is 6.07. The summed E-state index contributed by atoms with van der Waals surface area (Å²) in [6.07, 6.45) is -0.733. The van der Waals surface area contributed by atoms with Crippen LogP contribution in [0.25, 0.3) is 0 Å². The number of halogens is 1. The van der Waals surface area contributed by atoms with Gasteiger partial charge in [0.1, 0.15) is 5.82 Å². The molecule has 0 saturated carbocycles. The molecule has 1 rings (SSSR count). The maximum absolute atomic E-state index is 12.8. The minimum absolute atomic E-state index is 0.230. The van der Waals surface area contributed by atoms with Crippen LogP contribution in [0.15, 0.2) is 29.3 Å². The lowest BCUT2D eigenvalue weighted by Crippen LogP contribution is -2.41. The van der Waals surface area contributed by atoms with Gasteiger partial charge in [-0.05, 0) is 38.5 Å². The normalized spacial score (nSPS) is 13.5. The van der Waals surface area contributed by atoms with Gasteiger partial charge in [0, 0.05) is 12.6 Å². The molecule has 0 aliphatic carbocycles. The second kappa shape index (κ2) is 7.74. The van der Waals surface area contributed by atoms with Gasteiger partial charge in [0.05, 0.1) is 12.6 Å². The average molecular weight is 267 g/mol. The van der Waals surface area contributed by atoms with Gasteiger partial charge in [-0.3, -0.25) is 4.99 Å². The summed E-state index contributed by atoms with van der Waals surface area (Å²) in [7, 11) is 0. The van der Waals surface area contributed by atoms with Crippen molar-refractivity contribution in [2.24, 2.45) is 4.99 Å². The van der Waals surface area contributed by atoms with Gasteiger partial charge in [0.2, 0.25) is 0 Å². The van der Waals surface area contributed by atoms with Gasteiger partial charge >= 0.3 is 0 Å². The van der Waals surface area contributed by atoms with E-state index in [1.807, 2.05) is 20.8 Å². The summed E-state index contributed by atoms with van der Waals surface area (Å²) in [5, 5.41) is 16.2. The largest absolute Gasteiger partial charge is 0.386 e. The number of aliphatic hydroxyl groups excluding tert-OH is 1. The van der Waals surface area contributed by atoms with Gasteiger partial charge in [-0.15, -0.1) is 0 Å². The Kier molecular flexibility index (Phi) is 6.29. The van der Waals surface area contributed by atoms with Crippen molar-refractivity contribution in [3.05, 3.63) is 35.6 Å². The van der Waals surface area contributed by atoms with E-state index in [9.17, 15) is 9.50 Å². The summed E-state index contributed by atoms with van der Waals surface area (Å²) >= 11 is 0. The van der Waals surface area contributed by atoms with E-state index in [0.717, 1.165) is 6.54 Å². The van der Waals surface area contributed by atoms with Crippen LogP contribution in [-0.4, -0.2) is 30.2 Å². The van der Waals surface area contributed by atoms with Crippen molar-refractivity contribution in [1.29, 1.82) is 0 Å². The molecule has 0 radical (unpaired) electrons. The van der Waals surface area contributed by atoms with Crippen molar-refractivity contribution in [2.75, 3.05) is 13.1 Å². The minimum Gasteiger partial charge on any atom is -0.386 e. The highest BCUT2D eigenvalue weighted by Gasteiger charge is 2.08. The Bertz CT molecular complexity index is 404. The topological polar surface area (TPSA) is 56.7 Å². The third kappa shape index (κ3) is 5.70. The standard InChI is InChI=1S/C14H22FN3O/c1-4-16-14(18-10(2)3)17-9-13(19)11-5-7-12(15)8-6-11/h5-8,10,13,19H,4,9H2,1-3H3,(H2,16,17,18). The Labute approximate surface area is 113 Å². The molecule has 0 aromatic heterocycles. The number of nitrogens with one attached hydrogen (secondary N) is 2. The predicted octanol–water partition coefficient (Wildman–Crippen LogP) is 1.82. The van der Waals surface area contributed by atoms with Gasteiger partial charge in [-0.2, -0.15) is 0 Å². The summed E-state index contributed by atoms with van der Waals surface area (Å²) in [5.74, 6) is 0.355. The Morgan fingerprint density at radius 2 is 1.95 bits per heavy atom. The van der Waals surface area contributed by atoms with Crippen LogP contribution in [-0.2, 0) is 0 Å². The van der Waals surface area contributed by atoms with Crippen molar-refractivity contribution >= 4 is 5.96 Å². The molecular formula is C14H22FN3O. The molecule has 1 unspecified atom stereocenters. The molecule has 0 bridgehead atoms. The zero-order valence-electron chi connectivity index (χ0n) is 11.7. The third-order valence-electron chi connectivity index (χ3n) is 2.45. The van der Waals surface area contributed by atoms with Crippen LogP contribution in [0.3, 0.4) is 0 Å². The van der Waals surface area contributed by atoms with Gasteiger partial charge < -0.3 is 15.7 Å². The molecule has 0 heterocycles. The molecule has 0 aliphatic rings. The predicted molar refractivity (Wildman–Crippen MR) is 75.6 cm³/mol. The second-order valence-electron chi connectivity index (χ2n) is 4.59. The van der Waals surface area contributed by atoms with Crippen LogP contribution in [0.4, 0.5) is 4.39 Å². The first-order valence-electron chi connectivity index (χ1n) is 6.51. The first-order chi connectivity index (χ1) is 9.02. The lowest BCUT2D eigenvalue weighted by atomic mass is 10.1. The highest BCUT2D eigenvalue weighted by atomic mass is 19.1. The molecule has 1 aromatic rings. The summed E-state index contributed by atoms with van der Waals surface area (Å²) in [6.45, 7) is 7.00. The van der Waals surface area contributed by atoms with E-state index in [0.29, 0.717) is 11.5 Å². The Hall–Kier alpha value is -1.62. The number of nitrogens with zero attached hydrogens (tertiary/aromatic N) is 1. The van der Waals surface area contributed by atoms with Crippen LogP contribution in [0.1, 0.15) is 32.4 Å². The zero-order valence-corrected chi connectivity index (χ0v) is 11.7. The maximum atomic E-state index is 12.8. The molecule has 106 valence electrons. The molecule has 0 spiro atoms. The van der Waals surface area contributed by atoms with Crippen molar-refractivity contribution in [1.82, 2.24) is 10.6 Å². The molecule has 1 aromatic carbocycles. The van der Waals surface area contributed by atoms with Gasteiger partial charge in [0.25, 0.3) is 0 Å². The summed E-state index contributed by atoms with van der Waals surface area (Å²) in [5.41, 5.74) is 0.658. The number of aliphatic hydroxyl groups is 1. The molecule has 5 heteroatoms. The van der Waals surface area contributed by atoms with E-state index in [1.165, 1.54) is 12.1 Å². The van der Waals surface area contributed by atoms with E-state index in [-0.39, 0.29) is 18.4 Å². The molecule has 0 amide bonds. The number of guanidine groups is 1. The second-order valence-corrected chi connectivity index (χ2v) is 4.59. The first-order valence-corrected chi connectivity index (χ1v) is 6.51. The zero-order chi connectivity index (χ0) is 14.3. The molecule has 0 aliphatic heterocycles. The molecule has 3 N–H and O–H groups in total. The number of hydrogen-bond acceptors (Lipinski definition) is 2. The van der Waals surface area contributed by atoms with Gasteiger partial charge in [-0.1, -0.05) is 12.1 Å². The van der Waals surface area contributed by atoms with Crippen molar-refractivity contribution in [3.63, 3.8) is 0 Å². The van der Waals surface area contributed by atoms with Gasteiger partial charge in [-0.25, -0.2) is 4.39 Å². The number of aliphatic imine (C=N–C) groups is 1. The van der Waals surface area contributed by atoms with Crippen LogP contribution in [0.5, 0.6) is 0 Å².